The van der Waals surface area contributed by atoms with Crippen LogP contribution in [0.2, 0.25) is 0 Å². The van der Waals surface area contributed by atoms with E-state index in [9.17, 15) is 0 Å². The van der Waals surface area contributed by atoms with Gasteiger partial charge in [0.05, 0.1) is 12.6 Å². The Kier molecular flexibility index (Phi) is 7.62. The van der Waals surface area contributed by atoms with Crippen LogP contribution >= 0.6 is 39.9 Å². The van der Waals surface area contributed by atoms with Crippen molar-refractivity contribution in [1.29, 1.82) is 0 Å². The standard InChI is InChI=1S/C17H24BrN3O.HI/c1-2-19-17(20-11-14-4-3-9-22-14)21-16-10-15(16)12-5-7-13(18)8-6-12;/h5-8,14-16H,2-4,9-11H2,1H3,(H2,19,20,21);1H. The van der Waals surface area contributed by atoms with Crippen molar-refractivity contribution in [1.82, 2.24) is 10.6 Å². The summed E-state index contributed by atoms with van der Waals surface area (Å²) in [6, 6.07) is 9.12. The molecule has 1 aromatic carbocycles. The van der Waals surface area contributed by atoms with Crippen molar-refractivity contribution in [2.75, 3.05) is 19.7 Å². The predicted molar refractivity (Wildman–Crippen MR) is 109 cm³/mol. The Morgan fingerprint density at radius 2 is 2.13 bits per heavy atom. The highest BCUT2D eigenvalue weighted by atomic mass is 127. The summed E-state index contributed by atoms with van der Waals surface area (Å²) in [5, 5.41) is 6.89. The summed E-state index contributed by atoms with van der Waals surface area (Å²) in [7, 11) is 0. The molecule has 1 saturated heterocycles. The maximum atomic E-state index is 5.64. The van der Waals surface area contributed by atoms with Crippen molar-refractivity contribution in [2.45, 2.75) is 44.2 Å². The molecule has 0 amide bonds. The Morgan fingerprint density at radius 3 is 2.78 bits per heavy atom. The van der Waals surface area contributed by atoms with Crippen LogP contribution in [0, 0.1) is 0 Å². The molecule has 2 N–H and O–H groups in total. The number of ether oxygens (including phenoxy) is 1. The van der Waals surface area contributed by atoms with Crippen molar-refractivity contribution in [2.24, 2.45) is 4.99 Å². The van der Waals surface area contributed by atoms with E-state index in [1.54, 1.807) is 0 Å². The third-order valence-corrected chi connectivity index (χ3v) is 4.76. The smallest absolute Gasteiger partial charge is 0.191 e. The second-order valence-corrected chi connectivity index (χ2v) is 6.91. The summed E-state index contributed by atoms with van der Waals surface area (Å²) in [5.41, 5.74) is 1.40. The van der Waals surface area contributed by atoms with Crippen LogP contribution in [-0.4, -0.2) is 37.8 Å². The Morgan fingerprint density at radius 1 is 1.35 bits per heavy atom. The minimum absolute atomic E-state index is 0. The van der Waals surface area contributed by atoms with Crippen LogP contribution < -0.4 is 10.6 Å². The van der Waals surface area contributed by atoms with Crippen molar-refractivity contribution in [3.63, 3.8) is 0 Å². The van der Waals surface area contributed by atoms with E-state index in [2.05, 4.69) is 62.7 Å². The highest BCUT2D eigenvalue weighted by Gasteiger charge is 2.38. The zero-order valence-corrected chi connectivity index (χ0v) is 17.3. The monoisotopic (exact) mass is 493 g/mol. The fraction of sp³-hybridized carbons (Fsp3) is 0.588. The molecule has 3 atom stereocenters. The van der Waals surface area contributed by atoms with Crippen LogP contribution in [-0.2, 0) is 4.74 Å². The van der Waals surface area contributed by atoms with Gasteiger partial charge in [0, 0.05) is 29.6 Å². The Hall–Kier alpha value is -0.340. The predicted octanol–water partition coefficient (Wildman–Crippen LogP) is 3.66. The van der Waals surface area contributed by atoms with E-state index in [-0.39, 0.29) is 24.0 Å². The first-order valence-electron chi connectivity index (χ1n) is 8.18. The number of aliphatic imine (C=N–C) groups is 1. The van der Waals surface area contributed by atoms with Gasteiger partial charge in [-0.1, -0.05) is 28.1 Å². The SMILES string of the molecule is CCNC(=NCC1CCCO1)NC1CC1c1ccc(Br)cc1.I. The van der Waals surface area contributed by atoms with Gasteiger partial charge >= 0.3 is 0 Å². The summed E-state index contributed by atoms with van der Waals surface area (Å²) >= 11 is 3.49. The van der Waals surface area contributed by atoms with E-state index in [4.69, 9.17) is 4.74 Å². The van der Waals surface area contributed by atoms with Gasteiger partial charge in [-0.3, -0.25) is 4.99 Å². The molecule has 4 nitrogen and oxygen atoms in total. The molecule has 128 valence electrons. The van der Waals surface area contributed by atoms with Crippen LogP contribution in [0.5, 0.6) is 0 Å². The van der Waals surface area contributed by atoms with Crippen molar-refractivity contribution in [3.8, 4) is 0 Å². The first-order valence-corrected chi connectivity index (χ1v) is 8.97. The number of hydrogen-bond donors (Lipinski definition) is 2. The van der Waals surface area contributed by atoms with Crippen LogP contribution in [0.4, 0.5) is 0 Å². The first kappa shape index (κ1) is 19.0. The number of nitrogens with zero attached hydrogens (tertiary/aromatic N) is 1. The van der Waals surface area contributed by atoms with E-state index in [1.807, 2.05) is 0 Å². The zero-order chi connectivity index (χ0) is 15.4. The normalized spacial score (nSPS) is 26.5. The summed E-state index contributed by atoms with van der Waals surface area (Å²) in [6.07, 6.45) is 3.77. The Balaban J connectivity index is 0.00000192. The lowest BCUT2D eigenvalue weighted by atomic mass is 10.1. The lowest BCUT2D eigenvalue weighted by Gasteiger charge is -2.13. The van der Waals surface area contributed by atoms with Crippen LogP contribution in [0.25, 0.3) is 0 Å². The fourth-order valence-electron chi connectivity index (χ4n) is 2.91. The van der Waals surface area contributed by atoms with Gasteiger partial charge in [0.15, 0.2) is 5.96 Å². The summed E-state index contributed by atoms with van der Waals surface area (Å²) in [5.74, 6) is 1.52. The van der Waals surface area contributed by atoms with E-state index < -0.39 is 0 Å². The lowest BCUT2D eigenvalue weighted by Crippen LogP contribution is -2.39. The molecule has 1 heterocycles. The first-order chi connectivity index (χ1) is 10.8. The molecular weight excluding hydrogens is 469 g/mol. The largest absolute Gasteiger partial charge is 0.376 e. The van der Waals surface area contributed by atoms with Crippen molar-refractivity contribution >= 4 is 45.9 Å². The average Bonchev–Trinajstić information content (AvgIpc) is 3.08. The molecule has 1 aliphatic heterocycles. The highest BCUT2D eigenvalue weighted by molar-refractivity contribution is 14.0. The molecule has 1 aromatic rings. The number of benzene rings is 1. The molecule has 6 heteroatoms. The fourth-order valence-corrected chi connectivity index (χ4v) is 3.17. The Bertz CT molecular complexity index is 517. The van der Waals surface area contributed by atoms with Crippen LogP contribution in [0.15, 0.2) is 33.7 Å². The second kappa shape index (κ2) is 9.22. The van der Waals surface area contributed by atoms with Crippen molar-refractivity contribution < 1.29 is 4.74 Å². The van der Waals surface area contributed by atoms with Gasteiger partial charge in [-0.05, 0) is 43.9 Å². The molecule has 23 heavy (non-hydrogen) atoms. The van der Waals surface area contributed by atoms with Crippen molar-refractivity contribution in [3.05, 3.63) is 34.3 Å². The molecule has 2 fully saturated rings. The topological polar surface area (TPSA) is 45.7 Å². The van der Waals surface area contributed by atoms with E-state index in [0.717, 1.165) is 36.5 Å². The van der Waals surface area contributed by atoms with Gasteiger partial charge in [-0.15, -0.1) is 24.0 Å². The molecule has 0 aromatic heterocycles. The van der Waals surface area contributed by atoms with Gasteiger partial charge in [0.25, 0.3) is 0 Å². The molecule has 0 bridgehead atoms. The minimum Gasteiger partial charge on any atom is -0.376 e. The van der Waals surface area contributed by atoms with Gasteiger partial charge in [0.2, 0.25) is 0 Å². The number of guanidine groups is 1. The zero-order valence-electron chi connectivity index (χ0n) is 13.4. The molecule has 3 unspecified atom stereocenters. The van der Waals surface area contributed by atoms with Gasteiger partial charge in [0.1, 0.15) is 0 Å². The lowest BCUT2D eigenvalue weighted by molar-refractivity contribution is 0.117. The summed E-state index contributed by atoms with van der Waals surface area (Å²) in [4.78, 5) is 4.68. The quantitative estimate of drug-likeness (QED) is 0.374. The third kappa shape index (κ3) is 5.60. The summed E-state index contributed by atoms with van der Waals surface area (Å²) < 4.78 is 6.77. The second-order valence-electron chi connectivity index (χ2n) is 6.00. The maximum Gasteiger partial charge on any atom is 0.191 e. The molecule has 0 radical (unpaired) electrons. The molecule has 1 saturated carbocycles. The van der Waals surface area contributed by atoms with E-state index >= 15 is 0 Å². The van der Waals surface area contributed by atoms with Crippen LogP contribution in [0.1, 0.15) is 37.7 Å². The molecule has 1 aliphatic carbocycles. The molecule has 2 aliphatic rings. The van der Waals surface area contributed by atoms with Gasteiger partial charge < -0.3 is 15.4 Å². The average molecular weight is 494 g/mol. The third-order valence-electron chi connectivity index (χ3n) is 4.23. The number of hydrogen-bond acceptors (Lipinski definition) is 2. The highest BCUT2D eigenvalue weighted by Crippen LogP contribution is 2.40. The number of nitrogens with one attached hydrogen (secondary N) is 2. The molecule has 3 rings (SSSR count). The van der Waals surface area contributed by atoms with Gasteiger partial charge in [-0.25, -0.2) is 0 Å². The van der Waals surface area contributed by atoms with Crippen LogP contribution in [0.3, 0.4) is 0 Å². The van der Waals surface area contributed by atoms with E-state index in [0.29, 0.717) is 18.1 Å². The van der Waals surface area contributed by atoms with E-state index in [1.165, 1.54) is 18.4 Å². The molecule has 0 spiro atoms. The summed E-state index contributed by atoms with van der Waals surface area (Å²) in [6.45, 7) is 4.62. The van der Waals surface area contributed by atoms with Gasteiger partial charge in [-0.2, -0.15) is 0 Å². The minimum atomic E-state index is 0. The maximum absolute atomic E-state index is 5.64. The number of halogens is 2. The number of rotatable bonds is 5. The Labute approximate surface area is 164 Å². The molecular formula is C17H25BrIN3O.